The molecule has 0 saturated heterocycles. The van der Waals surface area contributed by atoms with Crippen LogP contribution in [0.1, 0.15) is 5.89 Å². The molecule has 9 heteroatoms. The molecule has 0 bridgehead atoms. The maximum absolute atomic E-state index is 5.42. The lowest BCUT2D eigenvalue weighted by atomic mass is 10.2. The smallest absolute Gasteiger partial charge is 0.237 e. The van der Waals surface area contributed by atoms with Crippen LogP contribution in [0, 0.1) is 0 Å². The van der Waals surface area contributed by atoms with Crippen molar-refractivity contribution in [3.05, 3.63) is 54.4 Å². The molecule has 2 aromatic heterocycles. The fourth-order valence-electron chi connectivity index (χ4n) is 2.57. The molecule has 0 aliphatic rings. The summed E-state index contributed by atoms with van der Waals surface area (Å²) in [5, 5.41) is 11.8. The van der Waals surface area contributed by atoms with Crippen molar-refractivity contribution in [3.63, 3.8) is 0 Å². The Labute approximate surface area is 165 Å². The predicted molar refractivity (Wildman–Crippen MR) is 104 cm³/mol. The molecule has 28 heavy (non-hydrogen) atoms. The van der Waals surface area contributed by atoms with Gasteiger partial charge in [0.05, 0.1) is 25.5 Å². The summed E-state index contributed by atoms with van der Waals surface area (Å²) in [7, 11) is 3.21. The number of hydrogen-bond donors (Lipinski definition) is 1. The third-order valence-electron chi connectivity index (χ3n) is 3.95. The van der Waals surface area contributed by atoms with Crippen LogP contribution in [0.4, 0.5) is 0 Å². The molecule has 0 aliphatic heterocycles. The van der Waals surface area contributed by atoms with Gasteiger partial charge in [0.25, 0.3) is 0 Å². The summed E-state index contributed by atoms with van der Waals surface area (Å²) in [5.74, 6) is 3.51. The lowest BCUT2D eigenvalue weighted by molar-refractivity contribution is 0.391. The fraction of sp³-hybridized carbons (Fsp3) is 0.158. The molecule has 0 aliphatic carbocycles. The zero-order chi connectivity index (χ0) is 19.3. The van der Waals surface area contributed by atoms with Crippen LogP contribution in [0.5, 0.6) is 11.5 Å². The Balaban J connectivity index is 1.45. The van der Waals surface area contributed by atoms with Gasteiger partial charge in [0.15, 0.2) is 5.82 Å². The van der Waals surface area contributed by atoms with E-state index in [4.69, 9.17) is 14.0 Å². The van der Waals surface area contributed by atoms with Crippen LogP contribution in [0.25, 0.3) is 22.8 Å². The average molecular weight is 395 g/mol. The minimum atomic E-state index is 0.469. The Morgan fingerprint density at radius 1 is 1.04 bits per heavy atom. The fourth-order valence-corrected chi connectivity index (χ4v) is 3.21. The number of hydrogen-bond acceptors (Lipinski definition) is 8. The maximum Gasteiger partial charge on any atom is 0.237 e. The van der Waals surface area contributed by atoms with Gasteiger partial charge in [-0.05, 0) is 12.1 Å². The van der Waals surface area contributed by atoms with Gasteiger partial charge in [0.2, 0.25) is 16.9 Å². The average Bonchev–Trinajstić information content (AvgIpc) is 3.42. The van der Waals surface area contributed by atoms with Crippen LogP contribution in [0.2, 0.25) is 0 Å². The van der Waals surface area contributed by atoms with E-state index in [-0.39, 0.29) is 0 Å². The molecule has 2 heterocycles. The molecule has 0 atom stereocenters. The molecule has 8 nitrogen and oxygen atoms in total. The van der Waals surface area contributed by atoms with E-state index < -0.39 is 0 Å². The molecule has 2 aromatic carbocycles. The van der Waals surface area contributed by atoms with Crippen LogP contribution < -0.4 is 9.47 Å². The van der Waals surface area contributed by atoms with E-state index in [0.717, 1.165) is 11.1 Å². The Hall–Kier alpha value is -3.33. The highest BCUT2D eigenvalue weighted by molar-refractivity contribution is 7.98. The van der Waals surface area contributed by atoms with E-state index in [1.165, 1.54) is 11.8 Å². The topological polar surface area (TPSA) is 99.0 Å². The summed E-state index contributed by atoms with van der Waals surface area (Å²) in [6.45, 7) is 0. The van der Waals surface area contributed by atoms with Crippen molar-refractivity contribution in [1.29, 1.82) is 0 Å². The van der Waals surface area contributed by atoms with Crippen molar-refractivity contribution >= 4 is 11.8 Å². The second kappa shape index (κ2) is 8.13. The van der Waals surface area contributed by atoms with Crippen molar-refractivity contribution < 1.29 is 14.0 Å². The van der Waals surface area contributed by atoms with Crippen LogP contribution in [-0.4, -0.2) is 39.5 Å². The van der Waals surface area contributed by atoms with Crippen molar-refractivity contribution in [1.82, 2.24) is 25.3 Å². The van der Waals surface area contributed by atoms with Crippen LogP contribution in [-0.2, 0) is 5.75 Å². The van der Waals surface area contributed by atoms with Gasteiger partial charge in [-0.25, -0.2) is 4.98 Å². The summed E-state index contributed by atoms with van der Waals surface area (Å²) >= 11 is 1.40. The summed E-state index contributed by atoms with van der Waals surface area (Å²) in [6, 6.07) is 15.2. The molecule has 4 aromatic rings. The molecule has 142 valence electrons. The van der Waals surface area contributed by atoms with E-state index in [1.807, 2.05) is 42.5 Å². The molecular weight excluding hydrogens is 378 g/mol. The monoisotopic (exact) mass is 395 g/mol. The summed E-state index contributed by atoms with van der Waals surface area (Å²) in [6.07, 6.45) is 0. The normalized spacial score (nSPS) is 10.8. The Morgan fingerprint density at radius 3 is 2.68 bits per heavy atom. The highest BCUT2D eigenvalue weighted by Gasteiger charge is 2.14. The Kier molecular flexibility index (Phi) is 5.24. The number of aromatic amines is 1. The number of aromatic nitrogens is 5. The zero-order valence-corrected chi connectivity index (χ0v) is 16.1. The highest BCUT2D eigenvalue weighted by atomic mass is 32.2. The first-order valence-corrected chi connectivity index (χ1v) is 9.41. The molecule has 0 unspecified atom stereocenters. The molecule has 0 saturated carbocycles. The van der Waals surface area contributed by atoms with Crippen molar-refractivity contribution in [3.8, 4) is 34.3 Å². The largest absolute Gasteiger partial charge is 0.497 e. The number of nitrogens with one attached hydrogen (secondary N) is 1. The second-order valence-corrected chi connectivity index (χ2v) is 6.64. The zero-order valence-electron chi connectivity index (χ0n) is 15.2. The third-order valence-corrected chi connectivity index (χ3v) is 4.79. The molecule has 0 fully saturated rings. The van der Waals surface area contributed by atoms with E-state index in [0.29, 0.717) is 39.9 Å². The van der Waals surface area contributed by atoms with Crippen LogP contribution in [0.15, 0.2) is 58.2 Å². The Morgan fingerprint density at radius 2 is 1.89 bits per heavy atom. The number of benzene rings is 2. The standard InChI is InChI=1S/C19H17N5O3S/c1-25-13-8-9-14(15(10-13)26-2)18-21-19(23-22-18)28-11-16-20-17(24-27-16)12-6-4-3-5-7-12/h3-10H,11H2,1-2H3,(H,21,22,23). The summed E-state index contributed by atoms with van der Waals surface area (Å²) in [4.78, 5) is 8.92. The van der Waals surface area contributed by atoms with Crippen molar-refractivity contribution in [2.24, 2.45) is 0 Å². The number of nitrogens with zero attached hydrogens (tertiary/aromatic N) is 4. The van der Waals surface area contributed by atoms with Crippen molar-refractivity contribution in [2.75, 3.05) is 14.2 Å². The quantitative estimate of drug-likeness (QED) is 0.471. The number of methoxy groups -OCH3 is 2. The number of H-pyrrole nitrogens is 1. The van der Waals surface area contributed by atoms with Gasteiger partial charge in [-0.1, -0.05) is 47.3 Å². The minimum absolute atomic E-state index is 0.469. The van der Waals surface area contributed by atoms with E-state index in [2.05, 4.69) is 25.3 Å². The second-order valence-electron chi connectivity index (χ2n) is 5.70. The number of rotatable bonds is 7. The van der Waals surface area contributed by atoms with Gasteiger partial charge in [-0.3, -0.25) is 5.10 Å². The number of ether oxygens (including phenoxy) is 2. The van der Waals surface area contributed by atoms with E-state index >= 15 is 0 Å². The van der Waals surface area contributed by atoms with Crippen LogP contribution in [0.3, 0.4) is 0 Å². The van der Waals surface area contributed by atoms with Gasteiger partial charge in [0, 0.05) is 11.6 Å². The van der Waals surface area contributed by atoms with Gasteiger partial charge < -0.3 is 14.0 Å². The Bertz CT molecular complexity index is 1060. The summed E-state index contributed by atoms with van der Waals surface area (Å²) < 4.78 is 16.0. The van der Waals surface area contributed by atoms with Gasteiger partial charge in [-0.2, -0.15) is 4.98 Å². The first-order valence-electron chi connectivity index (χ1n) is 8.42. The van der Waals surface area contributed by atoms with Crippen molar-refractivity contribution in [2.45, 2.75) is 10.9 Å². The summed E-state index contributed by atoms with van der Waals surface area (Å²) in [5.41, 5.74) is 1.71. The van der Waals surface area contributed by atoms with Gasteiger partial charge >= 0.3 is 0 Å². The van der Waals surface area contributed by atoms with Gasteiger partial charge in [0.1, 0.15) is 11.5 Å². The van der Waals surface area contributed by atoms with Gasteiger partial charge in [-0.15, -0.1) is 5.10 Å². The molecular formula is C19H17N5O3S. The highest BCUT2D eigenvalue weighted by Crippen LogP contribution is 2.32. The lowest BCUT2D eigenvalue weighted by Crippen LogP contribution is -1.91. The molecule has 1 N–H and O–H groups in total. The van der Waals surface area contributed by atoms with Crippen LogP contribution >= 0.6 is 11.8 Å². The maximum atomic E-state index is 5.42. The molecule has 0 spiro atoms. The molecule has 0 radical (unpaired) electrons. The molecule has 0 amide bonds. The molecule has 4 rings (SSSR count). The number of thioether (sulfide) groups is 1. The van der Waals surface area contributed by atoms with E-state index in [9.17, 15) is 0 Å². The minimum Gasteiger partial charge on any atom is -0.497 e. The first kappa shape index (κ1) is 18.1. The lowest BCUT2D eigenvalue weighted by Gasteiger charge is -2.07. The predicted octanol–water partition coefficient (Wildman–Crippen LogP) is 3.83. The third kappa shape index (κ3) is 3.84. The van der Waals surface area contributed by atoms with E-state index in [1.54, 1.807) is 20.3 Å². The first-order chi connectivity index (χ1) is 13.8. The SMILES string of the molecule is COc1ccc(-c2nc(SCc3nc(-c4ccccc4)no3)n[nH]2)c(OC)c1.